The summed E-state index contributed by atoms with van der Waals surface area (Å²) < 4.78 is 10.9. The van der Waals surface area contributed by atoms with Gasteiger partial charge in [0.15, 0.2) is 0 Å². The van der Waals surface area contributed by atoms with Gasteiger partial charge in [-0.25, -0.2) is 4.79 Å². The van der Waals surface area contributed by atoms with Gasteiger partial charge in [0, 0.05) is 0 Å². The third kappa shape index (κ3) is 5.88. The molecular weight excluding hydrogens is 332 g/mol. The molecule has 1 aliphatic rings. The lowest BCUT2D eigenvalue weighted by atomic mass is 9.98. The molecular formula is C20H33N2O4+. The van der Waals surface area contributed by atoms with E-state index in [4.69, 9.17) is 9.47 Å². The Morgan fingerprint density at radius 3 is 2.62 bits per heavy atom. The van der Waals surface area contributed by atoms with Crippen molar-refractivity contribution >= 4 is 6.09 Å². The van der Waals surface area contributed by atoms with Crippen LogP contribution < -0.4 is 9.64 Å². The minimum atomic E-state index is -0.524. The van der Waals surface area contributed by atoms with Crippen LogP contribution in [0.4, 0.5) is 4.79 Å². The number of nitrogens with zero attached hydrogens (tertiary/aromatic N) is 1. The van der Waals surface area contributed by atoms with E-state index in [1.807, 2.05) is 25.1 Å². The smallest absolute Gasteiger partial charge is 0.410 e. The molecule has 6 nitrogen and oxygen atoms in total. The first-order chi connectivity index (χ1) is 12.5. The molecule has 146 valence electrons. The van der Waals surface area contributed by atoms with Crippen molar-refractivity contribution < 1.29 is 24.3 Å². The van der Waals surface area contributed by atoms with Crippen molar-refractivity contribution in [3.05, 3.63) is 29.8 Å². The third-order valence-corrected chi connectivity index (χ3v) is 5.01. The molecule has 1 amide bonds. The molecule has 0 aromatic heterocycles. The molecule has 1 aromatic carbocycles. The van der Waals surface area contributed by atoms with E-state index >= 15 is 0 Å². The van der Waals surface area contributed by atoms with Crippen molar-refractivity contribution in [3.63, 3.8) is 0 Å². The van der Waals surface area contributed by atoms with Gasteiger partial charge in [-0.05, 0) is 30.9 Å². The normalized spacial score (nSPS) is 17.6. The van der Waals surface area contributed by atoms with Gasteiger partial charge >= 0.3 is 6.09 Å². The van der Waals surface area contributed by atoms with E-state index in [2.05, 4.69) is 19.9 Å². The summed E-state index contributed by atoms with van der Waals surface area (Å²) in [6.07, 6.45) is 0.291. The first kappa shape index (κ1) is 20.5. The minimum absolute atomic E-state index is 0.239. The van der Waals surface area contributed by atoms with Gasteiger partial charge in [0.25, 0.3) is 0 Å². The molecule has 26 heavy (non-hydrogen) atoms. The van der Waals surface area contributed by atoms with E-state index in [1.165, 1.54) is 10.5 Å². The Morgan fingerprint density at radius 2 is 1.96 bits per heavy atom. The van der Waals surface area contributed by atoms with E-state index in [-0.39, 0.29) is 6.09 Å². The molecule has 1 aromatic rings. The maximum Gasteiger partial charge on any atom is 0.410 e. The molecule has 2 rings (SSSR count). The van der Waals surface area contributed by atoms with Crippen LogP contribution in [0.3, 0.4) is 0 Å². The Balaban J connectivity index is 1.77. The van der Waals surface area contributed by atoms with Crippen molar-refractivity contribution in [2.75, 3.05) is 45.9 Å². The van der Waals surface area contributed by atoms with Crippen LogP contribution >= 0.6 is 0 Å². The van der Waals surface area contributed by atoms with Gasteiger partial charge in [0.1, 0.15) is 25.0 Å². The van der Waals surface area contributed by atoms with E-state index < -0.39 is 6.10 Å². The molecule has 0 spiro atoms. The molecule has 2 N–H and O–H groups in total. The number of nitrogens with one attached hydrogen (secondary N) is 1. The fraction of sp³-hybridized carbons (Fsp3) is 0.650. The maximum atomic E-state index is 11.7. The Hall–Kier alpha value is -1.79. The molecule has 1 aliphatic heterocycles. The van der Waals surface area contributed by atoms with E-state index in [0.717, 1.165) is 25.3 Å². The van der Waals surface area contributed by atoms with Gasteiger partial charge < -0.3 is 19.5 Å². The first-order valence-electron chi connectivity index (χ1n) is 9.70. The third-order valence-electron chi connectivity index (χ3n) is 5.01. The molecule has 0 radical (unpaired) electrons. The van der Waals surface area contributed by atoms with Crippen LogP contribution in [-0.4, -0.2) is 68.1 Å². The van der Waals surface area contributed by atoms with Gasteiger partial charge in [-0.3, -0.25) is 4.90 Å². The Labute approximate surface area is 156 Å². The quantitative estimate of drug-likeness (QED) is 0.729. The maximum absolute atomic E-state index is 11.7. The molecule has 1 heterocycles. The number of para-hydroxylation sites is 1. The highest BCUT2D eigenvalue weighted by Crippen LogP contribution is 2.28. The molecule has 0 aliphatic carbocycles. The summed E-state index contributed by atoms with van der Waals surface area (Å²) in [5.74, 6) is 1.30. The lowest BCUT2D eigenvalue weighted by molar-refractivity contribution is -0.907. The number of carbonyl (C=O) groups is 1. The van der Waals surface area contributed by atoms with E-state index in [1.54, 1.807) is 4.90 Å². The summed E-state index contributed by atoms with van der Waals surface area (Å²) in [5, 5.41) is 10.4. The highest BCUT2D eigenvalue weighted by atomic mass is 16.6. The lowest BCUT2D eigenvalue weighted by Gasteiger charge is -2.32. The molecule has 6 heteroatoms. The number of aliphatic hydroxyl groups excluding tert-OH is 1. The monoisotopic (exact) mass is 365 g/mol. The number of hydrogen-bond donors (Lipinski definition) is 2. The first-order valence-corrected chi connectivity index (χ1v) is 9.70. The van der Waals surface area contributed by atoms with Crippen molar-refractivity contribution in [1.82, 2.24) is 4.90 Å². The van der Waals surface area contributed by atoms with Crippen LogP contribution in [0.2, 0.25) is 0 Å². The largest absolute Gasteiger partial charge is 0.490 e. The van der Waals surface area contributed by atoms with Gasteiger partial charge in [-0.2, -0.15) is 0 Å². The molecule has 1 saturated heterocycles. The van der Waals surface area contributed by atoms with Crippen molar-refractivity contribution in [3.8, 4) is 5.75 Å². The van der Waals surface area contributed by atoms with Crippen LogP contribution in [0.1, 0.15) is 38.7 Å². The SMILES string of the molecule is CCOC(=O)N1CC[NH+](C[C@@H](O)COc2ccccc2[C@H](C)CC)CC1. The van der Waals surface area contributed by atoms with Gasteiger partial charge in [-0.1, -0.05) is 32.0 Å². The zero-order valence-corrected chi connectivity index (χ0v) is 16.2. The number of ether oxygens (including phenoxy) is 2. The highest BCUT2D eigenvalue weighted by Gasteiger charge is 2.26. The molecule has 0 bridgehead atoms. The van der Waals surface area contributed by atoms with Gasteiger partial charge in [0.05, 0.1) is 32.8 Å². The molecule has 0 saturated carbocycles. The van der Waals surface area contributed by atoms with Crippen LogP contribution in [0.5, 0.6) is 5.75 Å². The number of quaternary nitrogens is 1. The fourth-order valence-corrected chi connectivity index (χ4v) is 3.24. The summed E-state index contributed by atoms with van der Waals surface area (Å²) >= 11 is 0. The van der Waals surface area contributed by atoms with Gasteiger partial charge in [-0.15, -0.1) is 0 Å². The van der Waals surface area contributed by atoms with Crippen LogP contribution in [-0.2, 0) is 4.74 Å². The zero-order chi connectivity index (χ0) is 18.9. The topological polar surface area (TPSA) is 63.4 Å². The number of piperazine rings is 1. The lowest BCUT2D eigenvalue weighted by Crippen LogP contribution is -3.16. The minimum Gasteiger partial charge on any atom is -0.490 e. The number of benzene rings is 1. The highest BCUT2D eigenvalue weighted by molar-refractivity contribution is 5.67. The fourth-order valence-electron chi connectivity index (χ4n) is 3.24. The number of carbonyl (C=O) groups excluding carboxylic acids is 1. The van der Waals surface area contributed by atoms with Crippen LogP contribution in [0, 0.1) is 0 Å². The predicted octanol–water partition coefficient (Wildman–Crippen LogP) is 1.30. The summed E-state index contributed by atoms with van der Waals surface area (Å²) in [6.45, 7) is 10.5. The zero-order valence-electron chi connectivity index (χ0n) is 16.2. The van der Waals surface area contributed by atoms with Crippen LogP contribution in [0.25, 0.3) is 0 Å². The Morgan fingerprint density at radius 1 is 1.27 bits per heavy atom. The number of rotatable bonds is 8. The summed E-state index contributed by atoms with van der Waals surface area (Å²) in [7, 11) is 0. The number of aliphatic hydroxyl groups is 1. The van der Waals surface area contributed by atoms with Crippen molar-refractivity contribution in [1.29, 1.82) is 0 Å². The number of amides is 1. The summed E-state index contributed by atoms with van der Waals surface area (Å²) in [4.78, 5) is 14.7. The second-order valence-electron chi connectivity index (χ2n) is 6.95. The summed E-state index contributed by atoms with van der Waals surface area (Å²) in [5.41, 5.74) is 1.19. The second-order valence-corrected chi connectivity index (χ2v) is 6.95. The number of hydrogen-bond acceptors (Lipinski definition) is 4. The molecule has 0 unspecified atom stereocenters. The summed E-state index contributed by atoms with van der Waals surface area (Å²) in [6, 6.07) is 8.06. The van der Waals surface area contributed by atoms with E-state index in [9.17, 15) is 9.90 Å². The van der Waals surface area contributed by atoms with Crippen LogP contribution in [0.15, 0.2) is 24.3 Å². The van der Waals surface area contributed by atoms with Crippen molar-refractivity contribution in [2.45, 2.75) is 39.2 Å². The Kier molecular flexibility index (Phi) is 8.19. The molecule has 2 atom stereocenters. The van der Waals surface area contributed by atoms with Gasteiger partial charge in [0.2, 0.25) is 0 Å². The Bertz CT molecular complexity index is 558. The second kappa shape index (κ2) is 10.4. The standard InChI is InChI=1S/C20H32N2O4/c1-4-16(3)18-8-6-7-9-19(18)26-15-17(23)14-21-10-12-22(13-11-21)20(24)25-5-2/h6-9,16-17,23H,4-5,10-15H2,1-3H3/p+1/t16-,17-/m1/s1. The molecule has 1 fully saturated rings. The average Bonchev–Trinajstić information content (AvgIpc) is 2.66. The predicted molar refractivity (Wildman–Crippen MR) is 101 cm³/mol. The average molecular weight is 365 g/mol. The van der Waals surface area contributed by atoms with Crippen molar-refractivity contribution in [2.24, 2.45) is 0 Å². The van der Waals surface area contributed by atoms with E-state index in [0.29, 0.717) is 38.8 Å².